The molecule has 84 valence electrons. The molecule has 0 radical (unpaired) electrons. The molecule has 0 saturated carbocycles. The molecule has 5 nitrogen and oxygen atoms in total. The second-order valence-corrected chi connectivity index (χ2v) is 4.03. The Balaban J connectivity index is 3.17. The molecule has 0 amide bonds. The van der Waals surface area contributed by atoms with Crippen LogP contribution in [0.2, 0.25) is 0 Å². The third kappa shape index (κ3) is 2.32. The van der Waals surface area contributed by atoms with Gasteiger partial charge in [0.15, 0.2) is 0 Å². The van der Waals surface area contributed by atoms with E-state index < -0.39 is 17.4 Å². The van der Waals surface area contributed by atoms with E-state index >= 15 is 0 Å². The van der Waals surface area contributed by atoms with Crippen LogP contribution in [0.1, 0.15) is 19.4 Å². The van der Waals surface area contributed by atoms with E-state index in [-0.39, 0.29) is 0 Å². The number of carboxylic acids is 1. The van der Waals surface area contributed by atoms with Crippen LogP contribution in [0.25, 0.3) is 10.4 Å². The zero-order valence-corrected chi connectivity index (χ0v) is 9.16. The van der Waals surface area contributed by atoms with Gasteiger partial charge in [0, 0.05) is 10.3 Å². The van der Waals surface area contributed by atoms with Gasteiger partial charge in [-0.1, -0.05) is 49.3 Å². The SMILES string of the molecule is CC(C)(c1ccccc1)[C@H](N=[N+]=[N-])C(=O)O. The predicted octanol–water partition coefficient (Wildman–Crippen LogP) is 2.73. The molecule has 0 fully saturated rings. The highest BCUT2D eigenvalue weighted by Crippen LogP contribution is 2.29. The van der Waals surface area contributed by atoms with E-state index in [1.165, 1.54) is 0 Å². The van der Waals surface area contributed by atoms with Gasteiger partial charge in [-0.25, -0.2) is 0 Å². The average molecular weight is 219 g/mol. The first-order valence-corrected chi connectivity index (χ1v) is 4.82. The van der Waals surface area contributed by atoms with Crippen LogP contribution in [0.15, 0.2) is 35.4 Å². The molecule has 5 heteroatoms. The van der Waals surface area contributed by atoms with Gasteiger partial charge in [-0.15, -0.1) is 0 Å². The topological polar surface area (TPSA) is 86.1 Å². The van der Waals surface area contributed by atoms with Crippen LogP contribution in [0.5, 0.6) is 0 Å². The monoisotopic (exact) mass is 219 g/mol. The summed E-state index contributed by atoms with van der Waals surface area (Å²) in [4.78, 5) is 13.6. The van der Waals surface area contributed by atoms with Gasteiger partial charge < -0.3 is 5.11 Å². The van der Waals surface area contributed by atoms with Crippen molar-refractivity contribution in [3.8, 4) is 0 Å². The van der Waals surface area contributed by atoms with Gasteiger partial charge >= 0.3 is 5.97 Å². The molecule has 0 aliphatic heterocycles. The summed E-state index contributed by atoms with van der Waals surface area (Å²) in [7, 11) is 0. The second-order valence-electron chi connectivity index (χ2n) is 4.03. The van der Waals surface area contributed by atoms with Crippen LogP contribution in [0.3, 0.4) is 0 Å². The van der Waals surface area contributed by atoms with E-state index in [0.717, 1.165) is 5.56 Å². The fourth-order valence-electron chi connectivity index (χ4n) is 1.58. The Kier molecular flexibility index (Phi) is 3.53. The molecule has 1 aromatic rings. The highest BCUT2D eigenvalue weighted by atomic mass is 16.4. The molecule has 1 atom stereocenters. The molecular weight excluding hydrogens is 206 g/mol. The molecule has 0 saturated heterocycles. The number of aliphatic carboxylic acids is 1. The number of carboxylic acid groups (broad SMARTS) is 1. The molecule has 16 heavy (non-hydrogen) atoms. The smallest absolute Gasteiger partial charge is 0.313 e. The molecule has 0 aliphatic rings. The Morgan fingerprint density at radius 1 is 1.44 bits per heavy atom. The lowest BCUT2D eigenvalue weighted by molar-refractivity contribution is -0.140. The van der Waals surface area contributed by atoms with Crippen molar-refractivity contribution in [3.05, 3.63) is 46.3 Å². The minimum atomic E-state index is -1.12. The fraction of sp³-hybridized carbons (Fsp3) is 0.364. The van der Waals surface area contributed by atoms with Gasteiger partial charge in [0.1, 0.15) is 6.04 Å². The summed E-state index contributed by atoms with van der Waals surface area (Å²) >= 11 is 0. The van der Waals surface area contributed by atoms with Crippen molar-refractivity contribution in [1.82, 2.24) is 0 Å². The van der Waals surface area contributed by atoms with Gasteiger partial charge in [0.25, 0.3) is 0 Å². The third-order valence-electron chi connectivity index (χ3n) is 2.60. The van der Waals surface area contributed by atoms with Crippen LogP contribution < -0.4 is 0 Å². The van der Waals surface area contributed by atoms with Crippen molar-refractivity contribution in [2.24, 2.45) is 5.11 Å². The Morgan fingerprint density at radius 2 is 2.00 bits per heavy atom. The summed E-state index contributed by atoms with van der Waals surface area (Å²) in [6.07, 6.45) is 0. The largest absolute Gasteiger partial charge is 0.481 e. The maximum absolute atomic E-state index is 11.0. The normalized spacial score (nSPS) is 12.6. The van der Waals surface area contributed by atoms with Crippen LogP contribution >= 0.6 is 0 Å². The Labute approximate surface area is 93.3 Å². The molecule has 1 N–H and O–H groups in total. The number of rotatable bonds is 4. The average Bonchev–Trinajstić information content (AvgIpc) is 2.26. The summed E-state index contributed by atoms with van der Waals surface area (Å²) in [5, 5.41) is 12.4. The Bertz CT molecular complexity index is 420. The van der Waals surface area contributed by atoms with Gasteiger partial charge in [-0.3, -0.25) is 4.79 Å². The molecule has 1 rings (SSSR count). The van der Waals surface area contributed by atoms with Crippen LogP contribution in [-0.4, -0.2) is 17.1 Å². The summed E-state index contributed by atoms with van der Waals surface area (Å²) in [6.45, 7) is 3.49. The lowest BCUT2D eigenvalue weighted by Crippen LogP contribution is -2.38. The van der Waals surface area contributed by atoms with Crippen LogP contribution in [-0.2, 0) is 10.2 Å². The van der Waals surface area contributed by atoms with Gasteiger partial charge in [0.2, 0.25) is 0 Å². The highest BCUT2D eigenvalue weighted by Gasteiger charge is 2.35. The van der Waals surface area contributed by atoms with Crippen molar-refractivity contribution in [2.45, 2.75) is 25.3 Å². The Hall–Kier alpha value is -2.00. The van der Waals surface area contributed by atoms with Crippen molar-refractivity contribution < 1.29 is 9.90 Å². The predicted molar refractivity (Wildman–Crippen MR) is 60.0 cm³/mol. The van der Waals surface area contributed by atoms with E-state index in [4.69, 9.17) is 10.6 Å². The quantitative estimate of drug-likeness (QED) is 0.479. The molecule has 0 aliphatic carbocycles. The Morgan fingerprint density at radius 3 is 2.44 bits per heavy atom. The summed E-state index contributed by atoms with van der Waals surface area (Å²) < 4.78 is 0. The first kappa shape index (κ1) is 12.1. The molecular formula is C11H13N3O2. The summed E-state index contributed by atoms with van der Waals surface area (Å²) in [6, 6.07) is 8.03. The van der Waals surface area contributed by atoms with E-state index in [0.29, 0.717) is 0 Å². The summed E-state index contributed by atoms with van der Waals surface area (Å²) in [5.74, 6) is -1.12. The number of carbonyl (C=O) groups is 1. The van der Waals surface area contributed by atoms with Crippen LogP contribution in [0, 0.1) is 0 Å². The first-order chi connectivity index (χ1) is 7.50. The lowest BCUT2D eigenvalue weighted by atomic mass is 9.78. The number of azide groups is 1. The molecule has 0 heterocycles. The third-order valence-corrected chi connectivity index (χ3v) is 2.60. The van der Waals surface area contributed by atoms with Crippen LogP contribution in [0.4, 0.5) is 0 Å². The lowest BCUT2D eigenvalue weighted by Gasteiger charge is -2.28. The van der Waals surface area contributed by atoms with E-state index in [2.05, 4.69) is 10.0 Å². The van der Waals surface area contributed by atoms with E-state index in [9.17, 15) is 4.79 Å². The van der Waals surface area contributed by atoms with Crippen molar-refractivity contribution in [3.63, 3.8) is 0 Å². The fourth-order valence-corrected chi connectivity index (χ4v) is 1.58. The standard InChI is InChI=1S/C11H13N3O2/c1-11(2,8-6-4-3-5-7-8)9(10(15)16)13-14-12/h3-7,9H,1-2H3,(H,15,16)/t9-/m1/s1. The molecule has 0 aromatic heterocycles. The first-order valence-electron chi connectivity index (χ1n) is 4.82. The molecule has 0 bridgehead atoms. The number of benzene rings is 1. The minimum Gasteiger partial charge on any atom is -0.481 e. The maximum atomic E-state index is 11.0. The highest BCUT2D eigenvalue weighted by molar-refractivity contribution is 5.76. The maximum Gasteiger partial charge on any atom is 0.313 e. The molecule has 0 spiro atoms. The molecule has 0 unspecified atom stereocenters. The number of hydrogen-bond acceptors (Lipinski definition) is 2. The van der Waals surface area contributed by atoms with Gasteiger partial charge in [0.05, 0.1) is 0 Å². The summed E-state index contributed by atoms with van der Waals surface area (Å²) in [5.41, 5.74) is 8.48. The van der Waals surface area contributed by atoms with E-state index in [1.54, 1.807) is 13.8 Å². The van der Waals surface area contributed by atoms with Crippen molar-refractivity contribution in [2.75, 3.05) is 0 Å². The van der Waals surface area contributed by atoms with Gasteiger partial charge in [-0.2, -0.15) is 0 Å². The van der Waals surface area contributed by atoms with E-state index in [1.807, 2.05) is 30.3 Å². The number of hydrogen-bond donors (Lipinski definition) is 1. The minimum absolute atomic E-state index is 0.737. The zero-order valence-electron chi connectivity index (χ0n) is 9.16. The molecule has 1 aromatic carbocycles. The zero-order chi connectivity index (χ0) is 12.2. The van der Waals surface area contributed by atoms with Crippen molar-refractivity contribution >= 4 is 5.97 Å². The number of nitrogens with zero attached hydrogens (tertiary/aromatic N) is 3. The second kappa shape index (κ2) is 4.68. The van der Waals surface area contributed by atoms with Gasteiger partial charge in [-0.05, 0) is 11.1 Å². The van der Waals surface area contributed by atoms with Crippen molar-refractivity contribution in [1.29, 1.82) is 0 Å².